The number of nitrogens with zero attached hydrogens (tertiary/aromatic N) is 1. The first-order valence-electron chi connectivity index (χ1n) is 6.28. The summed E-state index contributed by atoms with van der Waals surface area (Å²) in [5.74, 6) is 1.24. The molecule has 0 N–H and O–H groups in total. The fourth-order valence-electron chi connectivity index (χ4n) is 1.74. The summed E-state index contributed by atoms with van der Waals surface area (Å²) in [5, 5.41) is 0. The highest BCUT2D eigenvalue weighted by atomic mass is 16.3. The van der Waals surface area contributed by atoms with Crippen molar-refractivity contribution in [3.63, 3.8) is 0 Å². The van der Waals surface area contributed by atoms with Gasteiger partial charge in [-0.2, -0.15) is 0 Å². The molecule has 0 fully saturated rings. The molecule has 0 atom stereocenters. The van der Waals surface area contributed by atoms with E-state index in [4.69, 9.17) is 4.42 Å². The summed E-state index contributed by atoms with van der Waals surface area (Å²) in [6, 6.07) is 7.50. The Balaban J connectivity index is 2.06. The van der Waals surface area contributed by atoms with Crippen LogP contribution in [0, 0.1) is 0 Å². The predicted molar refractivity (Wildman–Crippen MR) is 69.7 cm³/mol. The van der Waals surface area contributed by atoms with Crippen molar-refractivity contribution in [2.45, 2.75) is 33.1 Å². The largest absolute Gasteiger partial charge is 0.458 e. The van der Waals surface area contributed by atoms with Gasteiger partial charge < -0.3 is 4.42 Å². The zero-order valence-electron chi connectivity index (χ0n) is 10.8. The van der Waals surface area contributed by atoms with Gasteiger partial charge in [-0.15, -0.1) is 0 Å². The molecule has 0 saturated carbocycles. The topological polar surface area (TPSA) is 43.1 Å². The molecule has 0 unspecified atom stereocenters. The molecular formula is C15H17NO2. The molecule has 18 heavy (non-hydrogen) atoms. The summed E-state index contributed by atoms with van der Waals surface area (Å²) in [6.45, 7) is 4.08. The van der Waals surface area contributed by atoms with Crippen molar-refractivity contribution >= 4 is 5.78 Å². The molecule has 2 aromatic rings. The van der Waals surface area contributed by atoms with Crippen molar-refractivity contribution in [3.8, 4) is 0 Å². The molecule has 0 saturated heterocycles. The van der Waals surface area contributed by atoms with Crippen LogP contribution >= 0.6 is 0 Å². The lowest BCUT2D eigenvalue weighted by Crippen LogP contribution is -2.04. The van der Waals surface area contributed by atoms with Crippen LogP contribution in [0.2, 0.25) is 0 Å². The van der Waals surface area contributed by atoms with Crippen LogP contribution in [0.4, 0.5) is 0 Å². The standard InChI is InChI=1S/C15H17NO2/c1-3-11-5-6-12(16-10-11)9-14(17)15-8-7-13(4-2)18-15/h5-8,10H,3-4,9H2,1-2H3. The van der Waals surface area contributed by atoms with E-state index in [-0.39, 0.29) is 5.78 Å². The summed E-state index contributed by atoms with van der Waals surface area (Å²) in [7, 11) is 0. The average molecular weight is 243 g/mol. The molecule has 0 bridgehead atoms. The van der Waals surface area contributed by atoms with Crippen molar-refractivity contribution in [1.29, 1.82) is 0 Å². The third-order valence-corrected chi connectivity index (χ3v) is 2.92. The first-order chi connectivity index (χ1) is 8.72. The number of aromatic nitrogens is 1. The quantitative estimate of drug-likeness (QED) is 0.757. The second-order valence-corrected chi connectivity index (χ2v) is 4.23. The van der Waals surface area contributed by atoms with E-state index in [1.54, 1.807) is 6.07 Å². The molecule has 3 nitrogen and oxygen atoms in total. The third kappa shape index (κ3) is 2.86. The lowest BCUT2D eigenvalue weighted by molar-refractivity contribution is 0.0963. The number of carbonyl (C=O) groups is 1. The van der Waals surface area contributed by atoms with Gasteiger partial charge >= 0.3 is 0 Å². The van der Waals surface area contributed by atoms with Gasteiger partial charge in [0.05, 0.1) is 6.42 Å². The van der Waals surface area contributed by atoms with Gasteiger partial charge in [-0.05, 0) is 30.2 Å². The maximum atomic E-state index is 12.0. The lowest BCUT2D eigenvalue weighted by atomic mass is 10.1. The van der Waals surface area contributed by atoms with Gasteiger partial charge in [0.2, 0.25) is 5.78 Å². The molecule has 0 aliphatic heterocycles. The van der Waals surface area contributed by atoms with Gasteiger partial charge in [0.1, 0.15) is 5.76 Å². The summed E-state index contributed by atoms with van der Waals surface area (Å²) in [6.07, 6.45) is 3.87. The zero-order valence-corrected chi connectivity index (χ0v) is 10.8. The molecule has 3 heteroatoms. The van der Waals surface area contributed by atoms with E-state index in [0.717, 1.165) is 24.3 Å². The van der Waals surface area contributed by atoms with Gasteiger partial charge in [0, 0.05) is 18.3 Å². The first-order valence-corrected chi connectivity index (χ1v) is 6.28. The van der Waals surface area contributed by atoms with Crippen molar-refractivity contribution in [2.24, 2.45) is 0 Å². The monoisotopic (exact) mass is 243 g/mol. The number of aryl methyl sites for hydroxylation is 2. The highest BCUT2D eigenvalue weighted by molar-refractivity contribution is 5.94. The number of pyridine rings is 1. The molecular weight excluding hydrogens is 226 g/mol. The molecule has 0 aliphatic rings. The van der Waals surface area contributed by atoms with E-state index in [2.05, 4.69) is 11.9 Å². The number of ketones is 1. The number of hydrogen-bond acceptors (Lipinski definition) is 3. The number of rotatable bonds is 5. The van der Waals surface area contributed by atoms with Crippen LogP contribution in [-0.2, 0) is 19.3 Å². The molecule has 0 aliphatic carbocycles. The Labute approximate surface area is 107 Å². The van der Waals surface area contributed by atoms with Gasteiger partial charge in [-0.25, -0.2) is 0 Å². The SMILES string of the molecule is CCc1ccc(CC(=O)c2ccc(CC)o2)nc1. The van der Waals surface area contributed by atoms with E-state index in [1.807, 2.05) is 31.3 Å². The van der Waals surface area contributed by atoms with E-state index < -0.39 is 0 Å². The van der Waals surface area contributed by atoms with E-state index in [0.29, 0.717) is 12.2 Å². The Morgan fingerprint density at radius 2 is 2.00 bits per heavy atom. The fraction of sp³-hybridized carbons (Fsp3) is 0.333. The summed E-state index contributed by atoms with van der Waals surface area (Å²) >= 11 is 0. The molecule has 2 heterocycles. The summed E-state index contributed by atoms with van der Waals surface area (Å²) in [5.41, 5.74) is 1.96. The van der Waals surface area contributed by atoms with Crippen LogP contribution in [0.5, 0.6) is 0 Å². The van der Waals surface area contributed by atoms with E-state index in [9.17, 15) is 4.79 Å². The van der Waals surface area contributed by atoms with Crippen LogP contribution < -0.4 is 0 Å². The molecule has 0 aromatic carbocycles. The minimum absolute atomic E-state index is 0.0218. The van der Waals surface area contributed by atoms with Crippen molar-refractivity contribution in [2.75, 3.05) is 0 Å². The number of carbonyl (C=O) groups excluding carboxylic acids is 1. The molecule has 0 spiro atoms. The summed E-state index contributed by atoms with van der Waals surface area (Å²) < 4.78 is 5.43. The molecule has 2 rings (SSSR count). The normalized spacial score (nSPS) is 10.6. The van der Waals surface area contributed by atoms with E-state index in [1.165, 1.54) is 5.56 Å². The van der Waals surface area contributed by atoms with Crippen molar-refractivity contribution in [3.05, 3.63) is 53.2 Å². The Hall–Kier alpha value is -1.90. The van der Waals surface area contributed by atoms with Gasteiger partial charge in [-0.1, -0.05) is 19.9 Å². The minimum atomic E-state index is -0.0218. The van der Waals surface area contributed by atoms with Crippen molar-refractivity contribution in [1.82, 2.24) is 4.98 Å². The average Bonchev–Trinajstić information content (AvgIpc) is 2.88. The maximum absolute atomic E-state index is 12.0. The third-order valence-electron chi connectivity index (χ3n) is 2.92. The second-order valence-electron chi connectivity index (χ2n) is 4.23. The van der Waals surface area contributed by atoms with Crippen LogP contribution in [-0.4, -0.2) is 10.8 Å². The number of hydrogen-bond donors (Lipinski definition) is 0. The second kappa shape index (κ2) is 5.63. The van der Waals surface area contributed by atoms with E-state index >= 15 is 0 Å². The number of Topliss-reactive ketones (excluding diaryl/α,β-unsaturated/α-hetero) is 1. The first kappa shape index (κ1) is 12.6. The maximum Gasteiger partial charge on any atom is 0.203 e. The molecule has 0 radical (unpaired) electrons. The van der Waals surface area contributed by atoms with Gasteiger partial charge in [0.15, 0.2) is 5.76 Å². The van der Waals surface area contributed by atoms with Crippen LogP contribution in [0.3, 0.4) is 0 Å². The molecule has 0 amide bonds. The Kier molecular flexibility index (Phi) is 3.92. The van der Waals surface area contributed by atoms with Crippen LogP contribution in [0.1, 0.15) is 41.4 Å². The van der Waals surface area contributed by atoms with Gasteiger partial charge in [-0.3, -0.25) is 9.78 Å². The predicted octanol–water partition coefficient (Wildman–Crippen LogP) is 3.22. The zero-order chi connectivity index (χ0) is 13.0. The molecule has 94 valence electrons. The lowest BCUT2D eigenvalue weighted by Gasteiger charge is -2.00. The number of furan rings is 1. The highest BCUT2D eigenvalue weighted by Gasteiger charge is 2.12. The summed E-state index contributed by atoms with van der Waals surface area (Å²) in [4.78, 5) is 16.2. The Bertz CT molecular complexity index is 526. The van der Waals surface area contributed by atoms with Crippen molar-refractivity contribution < 1.29 is 9.21 Å². The Morgan fingerprint density at radius 3 is 2.56 bits per heavy atom. The highest BCUT2D eigenvalue weighted by Crippen LogP contribution is 2.12. The van der Waals surface area contributed by atoms with Crippen LogP contribution in [0.25, 0.3) is 0 Å². The Morgan fingerprint density at radius 1 is 1.17 bits per heavy atom. The molecule has 2 aromatic heterocycles. The smallest absolute Gasteiger partial charge is 0.203 e. The van der Waals surface area contributed by atoms with Crippen LogP contribution in [0.15, 0.2) is 34.9 Å². The van der Waals surface area contributed by atoms with Gasteiger partial charge in [0.25, 0.3) is 0 Å². The minimum Gasteiger partial charge on any atom is -0.458 e. The fourth-order valence-corrected chi connectivity index (χ4v) is 1.74.